The van der Waals surface area contributed by atoms with Gasteiger partial charge in [-0.3, -0.25) is 9.80 Å². The first kappa shape index (κ1) is 13.7. The maximum Gasteiger partial charge on any atom is 0.0430 e. The van der Waals surface area contributed by atoms with Crippen molar-refractivity contribution in [2.45, 2.75) is 38.3 Å². The third kappa shape index (κ3) is 2.80. The highest BCUT2D eigenvalue weighted by Crippen LogP contribution is 2.33. The van der Waals surface area contributed by atoms with Crippen LogP contribution < -0.4 is 5.73 Å². The van der Waals surface area contributed by atoms with E-state index in [0.717, 1.165) is 12.6 Å². The monoisotopic (exact) mass is 257 g/mol. The molecule has 0 bridgehead atoms. The fraction of sp³-hybridized carbons (Fsp3) is 1.00. The van der Waals surface area contributed by atoms with Gasteiger partial charge in [-0.15, -0.1) is 0 Å². The standard InChI is InChI=1S/C13H27N3S/c1-3-12(2)15-5-7-16(8-6-15)13(10-14)4-9-17-11-13/h12H,3-11,14H2,1-2H3. The molecule has 0 saturated carbocycles. The molecule has 0 aromatic heterocycles. The number of piperazine rings is 1. The summed E-state index contributed by atoms with van der Waals surface area (Å²) >= 11 is 2.08. The molecule has 2 unspecified atom stereocenters. The molecule has 2 heterocycles. The van der Waals surface area contributed by atoms with Crippen molar-refractivity contribution in [2.24, 2.45) is 5.73 Å². The largest absolute Gasteiger partial charge is 0.329 e. The predicted octanol–water partition coefficient (Wildman–Crippen LogP) is 1.24. The molecule has 17 heavy (non-hydrogen) atoms. The second-order valence-electron chi connectivity index (χ2n) is 5.51. The Hall–Kier alpha value is 0.230. The van der Waals surface area contributed by atoms with Crippen LogP contribution in [0, 0.1) is 0 Å². The van der Waals surface area contributed by atoms with Gasteiger partial charge in [0.1, 0.15) is 0 Å². The second-order valence-corrected chi connectivity index (χ2v) is 6.62. The van der Waals surface area contributed by atoms with Gasteiger partial charge < -0.3 is 5.73 Å². The molecule has 4 heteroatoms. The van der Waals surface area contributed by atoms with Gasteiger partial charge >= 0.3 is 0 Å². The van der Waals surface area contributed by atoms with Crippen molar-refractivity contribution in [1.29, 1.82) is 0 Å². The Morgan fingerprint density at radius 3 is 2.47 bits per heavy atom. The summed E-state index contributed by atoms with van der Waals surface area (Å²) in [6.07, 6.45) is 2.55. The first-order valence-corrected chi connectivity index (χ1v) is 8.14. The Morgan fingerprint density at radius 2 is 2.00 bits per heavy atom. The molecule has 2 N–H and O–H groups in total. The molecule has 2 aliphatic rings. The van der Waals surface area contributed by atoms with Crippen LogP contribution >= 0.6 is 11.8 Å². The minimum absolute atomic E-state index is 0.326. The molecule has 0 amide bonds. The van der Waals surface area contributed by atoms with Crippen molar-refractivity contribution in [3.05, 3.63) is 0 Å². The highest BCUT2D eigenvalue weighted by Gasteiger charge is 2.40. The van der Waals surface area contributed by atoms with Gasteiger partial charge in [0.05, 0.1) is 0 Å². The number of nitrogens with zero attached hydrogens (tertiary/aromatic N) is 2. The Labute approximate surface area is 110 Å². The van der Waals surface area contributed by atoms with Gasteiger partial charge in [0.2, 0.25) is 0 Å². The molecule has 2 saturated heterocycles. The molecule has 0 aliphatic carbocycles. The molecular formula is C13H27N3S. The first-order valence-electron chi connectivity index (χ1n) is 6.99. The molecule has 0 aromatic carbocycles. The van der Waals surface area contributed by atoms with Gasteiger partial charge in [0.25, 0.3) is 0 Å². The van der Waals surface area contributed by atoms with Gasteiger partial charge in [0.15, 0.2) is 0 Å². The zero-order valence-electron chi connectivity index (χ0n) is 11.3. The summed E-state index contributed by atoms with van der Waals surface area (Å²) in [6.45, 7) is 10.3. The average molecular weight is 257 g/mol. The molecule has 0 aromatic rings. The van der Waals surface area contributed by atoms with Crippen LogP contribution in [0.5, 0.6) is 0 Å². The van der Waals surface area contributed by atoms with E-state index in [1.165, 1.54) is 50.5 Å². The fourth-order valence-electron chi connectivity index (χ4n) is 3.03. The quantitative estimate of drug-likeness (QED) is 0.821. The molecule has 2 rings (SSSR count). The third-order valence-electron chi connectivity index (χ3n) is 4.66. The molecule has 100 valence electrons. The van der Waals surface area contributed by atoms with Crippen molar-refractivity contribution in [1.82, 2.24) is 9.80 Å². The topological polar surface area (TPSA) is 32.5 Å². The molecular weight excluding hydrogens is 230 g/mol. The SMILES string of the molecule is CCC(C)N1CCN(C2(CN)CCSC2)CC1. The number of rotatable bonds is 4. The lowest BCUT2D eigenvalue weighted by Crippen LogP contribution is -2.61. The Kier molecular flexibility index (Phi) is 4.75. The van der Waals surface area contributed by atoms with Gasteiger partial charge in [-0.25, -0.2) is 0 Å². The van der Waals surface area contributed by atoms with E-state index in [9.17, 15) is 0 Å². The summed E-state index contributed by atoms with van der Waals surface area (Å²) in [5, 5.41) is 0. The van der Waals surface area contributed by atoms with Crippen LogP contribution in [0.1, 0.15) is 26.7 Å². The van der Waals surface area contributed by atoms with E-state index in [1.807, 2.05) is 0 Å². The van der Waals surface area contributed by atoms with Crippen LogP contribution in [0.3, 0.4) is 0 Å². The molecule has 2 aliphatic heterocycles. The minimum Gasteiger partial charge on any atom is -0.329 e. The second kappa shape index (κ2) is 5.91. The van der Waals surface area contributed by atoms with Crippen molar-refractivity contribution in [2.75, 3.05) is 44.2 Å². The van der Waals surface area contributed by atoms with Crippen molar-refractivity contribution in [3.63, 3.8) is 0 Å². The zero-order valence-corrected chi connectivity index (χ0v) is 12.1. The Morgan fingerprint density at radius 1 is 1.29 bits per heavy atom. The fourth-order valence-corrected chi connectivity index (χ4v) is 4.52. The Bertz CT molecular complexity index is 233. The molecule has 0 spiro atoms. The number of thioether (sulfide) groups is 1. The molecule has 2 atom stereocenters. The first-order chi connectivity index (χ1) is 8.22. The van der Waals surface area contributed by atoms with Crippen molar-refractivity contribution >= 4 is 11.8 Å². The van der Waals surface area contributed by atoms with Crippen LogP contribution in [0.4, 0.5) is 0 Å². The zero-order chi connectivity index (χ0) is 12.3. The van der Waals surface area contributed by atoms with E-state index in [-0.39, 0.29) is 0 Å². The smallest absolute Gasteiger partial charge is 0.0430 e. The number of nitrogens with two attached hydrogens (primary N) is 1. The van der Waals surface area contributed by atoms with Crippen LogP contribution in [0.15, 0.2) is 0 Å². The van der Waals surface area contributed by atoms with Crippen LogP contribution in [0.2, 0.25) is 0 Å². The van der Waals surface area contributed by atoms with Crippen LogP contribution in [-0.4, -0.2) is 65.6 Å². The van der Waals surface area contributed by atoms with E-state index < -0.39 is 0 Å². The third-order valence-corrected chi connectivity index (χ3v) is 5.90. The normalized spacial score (nSPS) is 34.1. The van der Waals surface area contributed by atoms with Gasteiger partial charge in [-0.05, 0) is 25.5 Å². The predicted molar refractivity (Wildman–Crippen MR) is 76.6 cm³/mol. The van der Waals surface area contributed by atoms with Crippen molar-refractivity contribution < 1.29 is 0 Å². The van der Waals surface area contributed by atoms with E-state index in [0.29, 0.717) is 5.54 Å². The highest BCUT2D eigenvalue weighted by atomic mass is 32.2. The number of hydrogen-bond acceptors (Lipinski definition) is 4. The molecule has 0 radical (unpaired) electrons. The highest BCUT2D eigenvalue weighted by molar-refractivity contribution is 7.99. The maximum atomic E-state index is 6.05. The van der Waals surface area contributed by atoms with Crippen LogP contribution in [-0.2, 0) is 0 Å². The molecule has 2 fully saturated rings. The lowest BCUT2D eigenvalue weighted by Gasteiger charge is -2.46. The van der Waals surface area contributed by atoms with Crippen LogP contribution in [0.25, 0.3) is 0 Å². The van der Waals surface area contributed by atoms with Gasteiger partial charge in [-0.1, -0.05) is 6.92 Å². The van der Waals surface area contributed by atoms with Gasteiger partial charge in [-0.2, -0.15) is 11.8 Å². The van der Waals surface area contributed by atoms with Crippen molar-refractivity contribution in [3.8, 4) is 0 Å². The van der Waals surface area contributed by atoms with E-state index >= 15 is 0 Å². The van der Waals surface area contributed by atoms with E-state index in [4.69, 9.17) is 5.73 Å². The number of hydrogen-bond donors (Lipinski definition) is 1. The van der Waals surface area contributed by atoms with Gasteiger partial charge in [0, 0.05) is 50.1 Å². The summed E-state index contributed by atoms with van der Waals surface area (Å²) in [5.74, 6) is 2.54. The summed E-state index contributed by atoms with van der Waals surface area (Å²) < 4.78 is 0. The summed E-state index contributed by atoms with van der Waals surface area (Å²) in [7, 11) is 0. The summed E-state index contributed by atoms with van der Waals surface area (Å²) in [4.78, 5) is 5.30. The summed E-state index contributed by atoms with van der Waals surface area (Å²) in [5.41, 5.74) is 6.38. The summed E-state index contributed by atoms with van der Waals surface area (Å²) in [6, 6.07) is 0.740. The van der Waals surface area contributed by atoms with E-state index in [1.54, 1.807) is 0 Å². The Balaban J connectivity index is 1.89. The molecule has 3 nitrogen and oxygen atoms in total. The maximum absolute atomic E-state index is 6.05. The van der Waals surface area contributed by atoms with E-state index in [2.05, 4.69) is 35.4 Å². The lowest BCUT2D eigenvalue weighted by atomic mass is 9.95. The lowest BCUT2D eigenvalue weighted by molar-refractivity contribution is 0.0353. The average Bonchev–Trinajstić information content (AvgIpc) is 2.88. The minimum atomic E-state index is 0.326.